The van der Waals surface area contributed by atoms with E-state index in [9.17, 15) is 9.59 Å². The molecule has 1 spiro atoms. The number of amides is 1. The van der Waals surface area contributed by atoms with Crippen molar-refractivity contribution in [2.75, 3.05) is 45.8 Å². The van der Waals surface area contributed by atoms with Gasteiger partial charge in [0.25, 0.3) is 5.91 Å². The lowest BCUT2D eigenvalue weighted by Crippen LogP contribution is -2.47. The molecule has 0 radical (unpaired) electrons. The van der Waals surface area contributed by atoms with E-state index in [0.29, 0.717) is 17.7 Å². The van der Waals surface area contributed by atoms with Gasteiger partial charge in [0.15, 0.2) is 0 Å². The summed E-state index contributed by atoms with van der Waals surface area (Å²) < 4.78 is 5.68. The minimum Gasteiger partial charge on any atom is -0.451 e. The largest absolute Gasteiger partial charge is 0.451 e. The molecule has 2 aliphatic heterocycles. The molecule has 27 heavy (non-hydrogen) atoms. The van der Waals surface area contributed by atoms with Crippen LogP contribution in [0.3, 0.4) is 0 Å². The van der Waals surface area contributed by atoms with Crippen LogP contribution in [-0.4, -0.2) is 73.1 Å². The molecule has 0 aromatic heterocycles. The third-order valence-corrected chi connectivity index (χ3v) is 6.25. The Bertz CT molecular complexity index is 573. The van der Waals surface area contributed by atoms with Gasteiger partial charge in [-0.25, -0.2) is 4.79 Å². The van der Waals surface area contributed by atoms with Crippen molar-refractivity contribution in [3.05, 3.63) is 11.1 Å². The van der Waals surface area contributed by atoms with Gasteiger partial charge in [0.2, 0.25) is 0 Å². The van der Waals surface area contributed by atoms with E-state index in [0.717, 1.165) is 71.2 Å². The minimum atomic E-state index is -0.654. The topological polar surface area (TPSA) is 61.9 Å². The van der Waals surface area contributed by atoms with Crippen molar-refractivity contribution in [1.29, 1.82) is 0 Å². The second-order valence-corrected chi connectivity index (χ2v) is 8.24. The average Bonchev–Trinajstić information content (AvgIpc) is 2.90. The molecule has 1 aliphatic carbocycles. The zero-order valence-corrected chi connectivity index (χ0v) is 17.0. The van der Waals surface area contributed by atoms with Gasteiger partial charge in [0.05, 0.1) is 5.57 Å². The van der Waals surface area contributed by atoms with Gasteiger partial charge in [-0.05, 0) is 58.5 Å². The molecule has 3 aliphatic rings. The number of hydrogen-bond donors (Lipinski definition) is 1. The number of rotatable bonds is 7. The molecule has 0 atom stereocenters. The van der Waals surface area contributed by atoms with Crippen molar-refractivity contribution in [3.8, 4) is 0 Å². The fraction of sp³-hybridized carbons (Fsp3) is 0.810. The summed E-state index contributed by atoms with van der Waals surface area (Å²) in [7, 11) is 0. The smallest absolute Gasteiger partial charge is 0.335 e. The van der Waals surface area contributed by atoms with E-state index >= 15 is 0 Å². The predicted molar refractivity (Wildman–Crippen MR) is 105 cm³/mol. The summed E-state index contributed by atoms with van der Waals surface area (Å²) in [5.74, 6) is -0.417. The number of piperazine rings is 1. The summed E-state index contributed by atoms with van der Waals surface area (Å²) >= 11 is 0. The standard InChI is InChI=1S/C21H35N3O3/c1-3-11-23-13-15-24(16-14-23)12-7-10-22-19(25)18-17(2)20(26)27-21(18)8-5-4-6-9-21/h3-16H2,1-2H3,(H,22,25). The van der Waals surface area contributed by atoms with Crippen molar-refractivity contribution in [3.63, 3.8) is 0 Å². The maximum atomic E-state index is 12.8. The lowest BCUT2D eigenvalue weighted by molar-refractivity contribution is -0.149. The molecule has 0 bridgehead atoms. The molecule has 0 aromatic rings. The summed E-state index contributed by atoms with van der Waals surface area (Å²) in [5, 5.41) is 3.05. The third-order valence-electron chi connectivity index (χ3n) is 6.25. The van der Waals surface area contributed by atoms with E-state index in [4.69, 9.17) is 4.74 Å². The number of nitrogens with zero attached hydrogens (tertiary/aromatic N) is 2. The highest BCUT2D eigenvalue weighted by molar-refractivity contribution is 6.07. The summed E-state index contributed by atoms with van der Waals surface area (Å²) in [5.41, 5.74) is 0.445. The zero-order chi connectivity index (χ0) is 19.3. The molecule has 1 saturated heterocycles. The van der Waals surface area contributed by atoms with Crippen LogP contribution in [0, 0.1) is 0 Å². The van der Waals surface area contributed by atoms with Crippen molar-refractivity contribution in [1.82, 2.24) is 15.1 Å². The molecule has 1 saturated carbocycles. The SMILES string of the molecule is CCCN1CCN(CCCNC(=O)C2=C(C)C(=O)OC23CCCCC3)CC1. The normalized spacial score (nSPS) is 23.7. The highest BCUT2D eigenvalue weighted by atomic mass is 16.6. The lowest BCUT2D eigenvalue weighted by atomic mass is 9.78. The lowest BCUT2D eigenvalue weighted by Gasteiger charge is -2.35. The first-order valence-corrected chi connectivity index (χ1v) is 10.7. The fourth-order valence-electron chi connectivity index (χ4n) is 4.75. The Balaban J connectivity index is 1.44. The molecule has 3 rings (SSSR count). The first-order chi connectivity index (χ1) is 13.1. The van der Waals surface area contributed by atoms with Crippen LogP contribution in [0.25, 0.3) is 0 Å². The first kappa shape index (κ1) is 20.3. The zero-order valence-electron chi connectivity index (χ0n) is 17.0. The molecule has 0 aromatic carbocycles. The summed E-state index contributed by atoms with van der Waals surface area (Å²) in [4.78, 5) is 29.9. The van der Waals surface area contributed by atoms with Gasteiger partial charge in [-0.3, -0.25) is 4.79 Å². The summed E-state index contributed by atoms with van der Waals surface area (Å²) in [6.07, 6.45) is 6.89. The number of esters is 1. The van der Waals surface area contributed by atoms with E-state index in [1.807, 2.05) is 0 Å². The number of nitrogens with one attached hydrogen (secondary N) is 1. The Hall–Kier alpha value is -1.40. The Morgan fingerprint density at radius 1 is 1.07 bits per heavy atom. The number of carbonyl (C=O) groups is 2. The average molecular weight is 378 g/mol. The van der Waals surface area contributed by atoms with Crippen LogP contribution in [-0.2, 0) is 14.3 Å². The quantitative estimate of drug-likeness (QED) is 0.544. The molecule has 152 valence electrons. The molecule has 1 N–H and O–H groups in total. The van der Waals surface area contributed by atoms with Crippen LogP contribution in [0.1, 0.15) is 58.8 Å². The van der Waals surface area contributed by atoms with Gasteiger partial charge in [-0.15, -0.1) is 0 Å². The monoisotopic (exact) mass is 377 g/mol. The Morgan fingerprint density at radius 2 is 1.70 bits per heavy atom. The van der Waals surface area contributed by atoms with Gasteiger partial charge in [0.1, 0.15) is 5.60 Å². The van der Waals surface area contributed by atoms with Gasteiger partial charge in [-0.1, -0.05) is 13.3 Å². The molecule has 2 fully saturated rings. The van der Waals surface area contributed by atoms with Gasteiger partial charge < -0.3 is 19.9 Å². The molecule has 0 unspecified atom stereocenters. The van der Waals surface area contributed by atoms with E-state index in [2.05, 4.69) is 22.0 Å². The number of carbonyl (C=O) groups excluding carboxylic acids is 2. The summed E-state index contributed by atoms with van der Waals surface area (Å²) in [6, 6.07) is 0. The first-order valence-electron chi connectivity index (χ1n) is 10.7. The third kappa shape index (κ3) is 4.72. The van der Waals surface area contributed by atoms with E-state index in [-0.39, 0.29) is 11.9 Å². The van der Waals surface area contributed by atoms with E-state index in [1.165, 1.54) is 13.0 Å². The van der Waals surface area contributed by atoms with E-state index in [1.54, 1.807) is 6.92 Å². The molecule has 1 amide bonds. The predicted octanol–water partition coefficient (Wildman–Crippen LogP) is 2.10. The number of hydrogen-bond acceptors (Lipinski definition) is 5. The number of ether oxygens (including phenoxy) is 1. The fourth-order valence-corrected chi connectivity index (χ4v) is 4.75. The second-order valence-electron chi connectivity index (χ2n) is 8.24. The van der Waals surface area contributed by atoms with Crippen LogP contribution in [0.4, 0.5) is 0 Å². The van der Waals surface area contributed by atoms with Crippen molar-refractivity contribution in [2.24, 2.45) is 0 Å². The molecule has 2 heterocycles. The van der Waals surface area contributed by atoms with Gasteiger partial charge in [-0.2, -0.15) is 0 Å². The second kappa shape index (κ2) is 9.20. The Morgan fingerprint density at radius 3 is 2.33 bits per heavy atom. The van der Waals surface area contributed by atoms with Crippen LogP contribution >= 0.6 is 0 Å². The highest BCUT2D eigenvalue weighted by Crippen LogP contribution is 2.43. The van der Waals surface area contributed by atoms with Crippen molar-refractivity contribution >= 4 is 11.9 Å². The molecular formula is C21H35N3O3. The molecule has 6 nitrogen and oxygen atoms in total. The molecule has 6 heteroatoms. The Labute approximate surface area is 163 Å². The maximum Gasteiger partial charge on any atom is 0.335 e. The van der Waals surface area contributed by atoms with Crippen LogP contribution in [0.2, 0.25) is 0 Å². The minimum absolute atomic E-state index is 0.104. The van der Waals surface area contributed by atoms with Crippen LogP contribution < -0.4 is 5.32 Å². The maximum absolute atomic E-state index is 12.8. The van der Waals surface area contributed by atoms with Crippen LogP contribution in [0.15, 0.2) is 11.1 Å². The van der Waals surface area contributed by atoms with Gasteiger partial charge >= 0.3 is 5.97 Å². The van der Waals surface area contributed by atoms with Crippen LogP contribution in [0.5, 0.6) is 0 Å². The highest BCUT2D eigenvalue weighted by Gasteiger charge is 2.49. The van der Waals surface area contributed by atoms with Gasteiger partial charge in [0, 0.05) is 38.3 Å². The van der Waals surface area contributed by atoms with Crippen molar-refractivity contribution < 1.29 is 14.3 Å². The van der Waals surface area contributed by atoms with E-state index < -0.39 is 5.60 Å². The summed E-state index contributed by atoms with van der Waals surface area (Å²) in [6.45, 7) is 11.3. The van der Waals surface area contributed by atoms with Crippen molar-refractivity contribution in [2.45, 2.75) is 64.4 Å². The molecular weight excluding hydrogens is 342 g/mol. The Kier molecular flexibility index (Phi) is 6.93.